The van der Waals surface area contributed by atoms with Crippen molar-refractivity contribution in [2.45, 2.75) is 39.2 Å². The minimum atomic E-state index is -0.441. The Hall–Kier alpha value is -2.86. The summed E-state index contributed by atoms with van der Waals surface area (Å²) in [5.74, 6) is 1.78. The van der Waals surface area contributed by atoms with Gasteiger partial charge in [-0.1, -0.05) is 32.9 Å². The van der Waals surface area contributed by atoms with Crippen molar-refractivity contribution in [3.05, 3.63) is 53.1 Å². The number of amides is 1. The van der Waals surface area contributed by atoms with Crippen molar-refractivity contribution < 1.29 is 14.3 Å². The molecule has 0 saturated carbocycles. The molecule has 2 aliphatic heterocycles. The zero-order chi connectivity index (χ0) is 23.0. The van der Waals surface area contributed by atoms with Crippen LogP contribution in [0.15, 0.2) is 41.4 Å². The maximum atomic E-state index is 12.3. The molecule has 2 aromatic rings. The molecule has 0 aliphatic carbocycles. The molecular weight excluding hydrogens is 402 g/mol. The van der Waals surface area contributed by atoms with E-state index in [1.807, 2.05) is 51.1 Å². The number of methoxy groups -OCH3 is 2. The lowest BCUT2D eigenvalue weighted by atomic mass is 9.79. The second-order valence-electron chi connectivity index (χ2n) is 9.78. The zero-order valence-corrected chi connectivity index (χ0v) is 19.9. The number of fused-ring (bicyclic) bond motifs is 3. The molecule has 0 bridgehead atoms. The molecule has 6 nitrogen and oxygen atoms in total. The topological polar surface area (TPSA) is 63.2 Å². The number of hydrogen-bond donors (Lipinski definition) is 1. The van der Waals surface area contributed by atoms with Gasteiger partial charge in [-0.2, -0.15) is 0 Å². The van der Waals surface area contributed by atoms with Crippen LogP contribution in [0.3, 0.4) is 0 Å². The molecule has 32 heavy (non-hydrogen) atoms. The maximum absolute atomic E-state index is 12.3. The van der Waals surface area contributed by atoms with Crippen molar-refractivity contribution in [3.8, 4) is 11.5 Å². The van der Waals surface area contributed by atoms with Gasteiger partial charge in [0.15, 0.2) is 11.5 Å². The Kier molecular flexibility index (Phi) is 5.99. The molecule has 1 amide bonds. The molecule has 170 valence electrons. The smallest absolute Gasteiger partial charge is 0.229 e. The van der Waals surface area contributed by atoms with E-state index in [1.54, 1.807) is 14.2 Å². The van der Waals surface area contributed by atoms with Gasteiger partial charge in [-0.25, -0.2) is 0 Å². The molecule has 0 spiro atoms. The largest absolute Gasteiger partial charge is 0.493 e. The molecule has 4 rings (SSSR count). The normalized spacial score (nSPS) is 20.6. The summed E-state index contributed by atoms with van der Waals surface area (Å²) in [5, 5.41) is 2.99. The first-order valence-corrected chi connectivity index (χ1v) is 11.2. The SMILES string of the molecule is COc1cc2c(cc1OC)C1CN(C)CCC1N=C2c1ccc(NC(=O)C(C)(C)C)cc1. The highest BCUT2D eigenvalue weighted by Gasteiger charge is 2.36. The average Bonchev–Trinajstić information content (AvgIpc) is 2.77. The van der Waals surface area contributed by atoms with Crippen LogP contribution >= 0.6 is 0 Å². The number of carbonyl (C=O) groups is 1. The summed E-state index contributed by atoms with van der Waals surface area (Å²) >= 11 is 0. The number of hydrogen-bond acceptors (Lipinski definition) is 5. The van der Waals surface area contributed by atoms with Gasteiger partial charge in [-0.15, -0.1) is 0 Å². The number of nitrogens with one attached hydrogen (secondary N) is 1. The number of nitrogens with zero attached hydrogens (tertiary/aromatic N) is 2. The molecule has 1 N–H and O–H groups in total. The summed E-state index contributed by atoms with van der Waals surface area (Å²) in [7, 11) is 5.51. The summed E-state index contributed by atoms with van der Waals surface area (Å²) in [4.78, 5) is 19.9. The van der Waals surface area contributed by atoms with E-state index < -0.39 is 5.41 Å². The summed E-state index contributed by atoms with van der Waals surface area (Å²) in [6, 6.07) is 12.4. The molecule has 2 atom stereocenters. The van der Waals surface area contributed by atoms with E-state index in [1.165, 1.54) is 5.56 Å². The molecule has 2 unspecified atom stereocenters. The van der Waals surface area contributed by atoms with Crippen LogP contribution in [0.5, 0.6) is 11.5 Å². The van der Waals surface area contributed by atoms with Crippen LogP contribution in [-0.2, 0) is 4.79 Å². The third kappa shape index (κ3) is 4.24. The molecule has 2 heterocycles. The van der Waals surface area contributed by atoms with Crippen LogP contribution in [0, 0.1) is 5.41 Å². The first-order valence-electron chi connectivity index (χ1n) is 11.2. The van der Waals surface area contributed by atoms with Gasteiger partial charge in [0.2, 0.25) is 5.91 Å². The van der Waals surface area contributed by atoms with Gasteiger partial charge in [0.05, 0.1) is 26.0 Å². The van der Waals surface area contributed by atoms with Crippen LogP contribution in [-0.4, -0.2) is 56.9 Å². The van der Waals surface area contributed by atoms with Crippen molar-refractivity contribution in [2.24, 2.45) is 10.4 Å². The fourth-order valence-corrected chi connectivity index (χ4v) is 4.46. The molecule has 1 fully saturated rings. The lowest BCUT2D eigenvalue weighted by molar-refractivity contribution is -0.123. The van der Waals surface area contributed by atoms with Crippen molar-refractivity contribution in [3.63, 3.8) is 0 Å². The van der Waals surface area contributed by atoms with Gasteiger partial charge < -0.3 is 19.7 Å². The lowest BCUT2D eigenvalue weighted by Crippen LogP contribution is -2.41. The van der Waals surface area contributed by atoms with E-state index >= 15 is 0 Å². The van der Waals surface area contributed by atoms with Gasteiger partial charge in [0, 0.05) is 34.7 Å². The molecule has 1 saturated heterocycles. The Balaban J connectivity index is 1.73. The number of rotatable bonds is 4. The number of piperidine rings is 1. The Morgan fingerprint density at radius 1 is 1.09 bits per heavy atom. The fourth-order valence-electron chi connectivity index (χ4n) is 4.46. The van der Waals surface area contributed by atoms with Gasteiger partial charge in [-0.3, -0.25) is 9.79 Å². The predicted octanol–water partition coefficient (Wildman–Crippen LogP) is 4.33. The third-order valence-corrected chi connectivity index (χ3v) is 6.38. The number of aliphatic imine (C=N–C) groups is 1. The minimum Gasteiger partial charge on any atom is -0.493 e. The molecular formula is C26H33N3O3. The molecule has 0 radical (unpaired) electrons. The Morgan fingerprint density at radius 3 is 2.38 bits per heavy atom. The lowest BCUT2D eigenvalue weighted by Gasteiger charge is -2.39. The zero-order valence-electron chi connectivity index (χ0n) is 19.9. The van der Waals surface area contributed by atoms with Crippen molar-refractivity contribution in [1.29, 1.82) is 0 Å². The highest BCUT2D eigenvalue weighted by Crippen LogP contribution is 2.42. The molecule has 6 heteroatoms. The van der Waals surface area contributed by atoms with Crippen LogP contribution < -0.4 is 14.8 Å². The van der Waals surface area contributed by atoms with Crippen molar-refractivity contribution in [2.75, 3.05) is 39.7 Å². The van der Waals surface area contributed by atoms with E-state index in [0.717, 1.165) is 47.8 Å². The molecule has 2 aromatic carbocycles. The Morgan fingerprint density at radius 2 is 1.75 bits per heavy atom. The van der Waals surface area contributed by atoms with E-state index in [2.05, 4.69) is 23.3 Å². The molecule has 0 aromatic heterocycles. The van der Waals surface area contributed by atoms with E-state index in [0.29, 0.717) is 11.7 Å². The Labute approximate surface area is 190 Å². The molecule has 2 aliphatic rings. The van der Waals surface area contributed by atoms with Gasteiger partial charge in [0.1, 0.15) is 0 Å². The van der Waals surface area contributed by atoms with Gasteiger partial charge in [-0.05, 0) is 49.8 Å². The summed E-state index contributed by atoms with van der Waals surface area (Å²) in [6.07, 6.45) is 1.03. The fraction of sp³-hybridized carbons (Fsp3) is 0.462. The Bertz CT molecular complexity index is 1040. The van der Waals surface area contributed by atoms with Gasteiger partial charge in [0.25, 0.3) is 0 Å². The highest BCUT2D eigenvalue weighted by atomic mass is 16.5. The number of likely N-dealkylation sites (tertiary alicyclic amines) is 1. The first-order chi connectivity index (χ1) is 15.2. The standard InChI is InChI=1S/C26H33N3O3/c1-26(2,3)25(30)27-17-9-7-16(8-10-17)24-19-14-23(32-6)22(31-5)13-18(19)20-15-29(4)12-11-21(20)28-24/h7-10,13-14,20-21H,11-12,15H2,1-6H3,(H,27,30). The average molecular weight is 436 g/mol. The van der Waals surface area contributed by atoms with E-state index in [-0.39, 0.29) is 11.9 Å². The quantitative estimate of drug-likeness (QED) is 0.777. The highest BCUT2D eigenvalue weighted by molar-refractivity contribution is 6.15. The maximum Gasteiger partial charge on any atom is 0.229 e. The number of ether oxygens (including phenoxy) is 2. The van der Waals surface area contributed by atoms with Crippen LogP contribution in [0.2, 0.25) is 0 Å². The minimum absolute atomic E-state index is 0.00315. The monoisotopic (exact) mass is 435 g/mol. The summed E-state index contributed by atoms with van der Waals surface area (Å²) in [6.45, 7) is 7.73. The van der Waals surface area contributed by atoms with E-state index in [4.69, 9.17) is 14.5 Å². The van der Waals surface area contributed by atoms with Crippen molar-refractivity contribution in [1.82, 2.24) is 4.90 Å². The van der Waals surface area contributed by atoms with Crippen LogP contribution in [0.1, 0.15) is 49.8 Å². The summed E-state index contributed by atoms with van der Waals surface area (Å²) in [5.41, 5.74) is 4.70. The number of likely N-dealkylation sites (N-methyl/N-ethyl adjacent to an activating group) is 1. The van der Waals surface area contributed by atoms with Crippen LogP contribution in [0.4, 0.5) is 5.69 Å². The third-order valence-electron chi connectivity index (χ3n) is 6.38. The second kappa shape index (κ2) is 8.58. The van der Waals surface area contributed by atoms with Gasteiger partial charge >= 0.3 is 0 Å². The summed E-state index contributed by atoms with van der Waals surface area (Å²) < 4.78 is 11.2. The van der Waals surface area contributed by atoms with Crippen LogP contribution in [0.25, 0.3) is 0 Å². The number of benzene rings is 2. The second-order valence-corrected chi connectivity index (χ2v) is 9.78. The van der Waals surface area contributed by atoms with E-state index in [9.17, 15) is 4.79 Å². The number of carbonyl (C=O) groups excluding carboxylic acids is 1. The number of anilines is 1. The predicted molar refractivity (Wildman–Crippen MR) is 128 cm³/mol. The first kappa shape index (κ1) is 22.3. The van der Waals surface area contributed by atoms with Crippen molar-refractivity contribution >= 4 is 17.3 Å².